The van der Waals surface area contributed by atoms with Crippen LogP contribution in [0, 0.1) is 34.3 Å². The van der Waals surface area contributed by atoms with Crippen LogP contribution >= 0.6 is 11.8 Å². The summed E-state index contributed by atoms with van der Waals surface area (Å²) < 4.78 is 29.3. The van der Waals surface area contributed by atoms with Crippen molar-refractivity contribution >= 4 is 45.2 Å². The third kappa shape index (κ3) is 3.50. The van der Waals surface area contributed by atoms with Crippen LogP contribution in [0.2, 0.25) is 0 Å². The maximum atomic E-state index is 14.0. The van der Waals surface area contributed by atoms with Crippen molar-refractivity contribution in [3.8, 4) is 12.1 Å². The zero-order valence-corrected chi connectivity index (χ0v) is 19.0. The van der Waals surface area contributed by atoms with Crippen LogP contribution in [-0.4, -0.2) is 49.4 Å². The van der Waals surface area contributed by atoms with Gasteiger partial charge in [0.05, 0.1) is 53.8 Å². The molecule has 4 heterocycles. The van der Waals surface area contributed by atoms with Crippen LogP contribution in [0.3, 0.4) is 0 Å². The van der Waals surface area contributed by atoms with Crippen LogP contribution in [0.4, 0.5) is 19.3 Å². The number of nitrogens with zero attached hydrogens (tertiary/aromatic N) is 7. The lowest BCUT2D eigenvalue weighted by atomic mass is 10.0. The molecule has 2 aliphatic rings. The van der Waals surface area contributed by atoms with Crippen molar-refractivity contribution in [2.24, 2.45) is 7.05 Å². The van der Waals surface area contributed by atoms with Crippen molar-refractivity contribution in [1.29, 1.82) is 10.5 Å². The summed E-state index contributed by atoms with van der Waals surface area (Å²) in [7, 11) is 1.68. The van der Waals surface area contributed by atoms with E-state index in [0.717, 1.165) is 28.8 Å². The number of rotatable bonds is 4. The largest absolute Gasteiger partial charge is 0.332 e. The molecule has 174 valence electrons. The lowest BCUT2D eigenvalue weighted by Crippen LogP contribution is -2.62. The molecule has 1 fully saturated rings. The molecule has 5 rings (SSSR count). The summed E-state index contributed by atoms with van der Waals surface area (Å²) in [5.74, 6) is -2.81. The minimum atomic E-state index is -1.16. The number of imide groups is 1. The average Bonchev–Trinajstić information content (AvgIpc) is 3.45. The van der Waals surface area contributed by atoms with E-state index in [2.05, 4.69) is 10.1 Å². The van der Waals surface area contributed by atoms with E-state index in [-0.39, 0.29) is 29.8 Å². The maximum absolute atomic E-state index is 14.0. The Morgan fingerprint density at radius 3 is 2.66 bits per heavy atom. The van der Waals surface area contributed by atoms with Crippen LogP contribution in [-0.2, 0) is 11.8 Å². The molecule has 1 aromatic carbocycles. The van der Waals surface area contributed by atoms with Gasteiger partial charge in [-0.2, -0.15) is 15.6 Å². The third-order valence-corrected chi connectivity index (χ3v) is 7.26. The number of halogens is 2. The second-order valence-corrected chi connectivity index (χ2v) is 9.09. The monoisotopic (exact) mass is 491 g/mol. The van der Waals surface area contributed by atoms with Gasteiger partial charge in [-0.1, -0.05) is 0 Å². The molecule has 0 spiro atoms. The Hall–Kier alpha value is -4.29. The van der Waals surface area contributed by atoms with Gasteiger partial charge in [-0.25, -0.2) is 18.5 Å². The summed E-state index contributed by atoms with van der Waals surface area (Å²) >= 11 is 1.06. The number of carbonyl (C=O) groups is 2. The lowest BCUT2D eigenvalue weighted by Gasteiger charge is -2.40. The van der Waals surface area contributed by atoms with E-state index in [9.17, 15) is 23.6 Å². The van der Waals surface area contributed by atoms with Gasteiger partial charge in [-0.3, -0.25) is 14.5 Å². The highest BCUT2D eigenvalue weighted by Crippen LogP contribution is 2.46. The number of thioether (sulfide) groups is 1. The highest BCUT2D eigenvalue weighted by atomic mass is 32.2. The first-order valence-corrected chi connectivity index (χ1v) is 11.3. The molecule has 3 amide bonds. The van der Waals surface area contributed by atoms with Gasteiger partial charge in [0.25, 0.3) is 5.91 Å². The fourth-order valence-corrected chi connectivity index (χ4v) is 5.68. The van der Waals surface area contributed by atoms with Gasteiger partial charge in [-0.05, 0) is 18.2 Å². The van der Waals surface area contributed by atoms with Crippen molar-refractivity contribution < 1.29 is 18.4 Å². The van der Waals surface area contributed by atoms with Gasteiger partial charge in [0, 0.05) is 35.6 Å². The van der Waals surface area contributed by atoms with Gasteiger partial charge < -0.3 is 4.90 Å². The molecule has 0 saturated carbocycles. The Bertz CT molecular complexity index is 1520. The van der Waals surface area contributed by atoms with E-state index >= 15 is 0 Å². The number of carbonyl (C=O) groups excluding carboxylic acids is 2. The van der Waals surface area contributed by atoms with Crippen LogP contribution in [0.25, 0.3) is 15.8 Å². The molecule has 0 N–H and O–H groups in total. The van der Waals surface area contributed by atoms with Gasteiger partial charge in [0.2, 0.25) is 0 Å². The summed E-state index contributed by atoms with van der Waals surface area (Å²) in [6, 6.07) is 4.19. The molecule has 2 atom stereocenters. The maximum Gasteiger partial charge on any atom is 0.332 e. The second-order valence-electron chi connectivity index (χ2n) is 7.91. The quantitative estimate of drug-likeness (QED) is 0.549. The molecule has 0 bridgehead atoms. The molecule has 2 unspecified atom stereocenters. The number of benzene rings is 1. The highest BCUT2D eigenvalue weighted by molar-refractivity contribution is 8.09. The lowest BCUT2D eigenvalue weighted by molar-refractivity contribution is -0.119. The molecule has 1 saturated heterocycles. The van der Waals surface area contributed by atoms with E-state index in [4.69, 9.17) is 5.26 Å². The van der Waals surface area contributed by atoms with Gasteiger partial charge in [0.15, 0.2) is 11.6 Å². The third-order valence-electron chi connectivity index (χ3n) is 5.92. The van der Waals surface area contributed by atoms with Crippen molar-refractivity contribution in [2.45, 2.75) is 17.7 Å². The number of nitriles is 2. The minimum absolute atomic E-state index is 0.0214. The molecular weight excluding hydrogens is 476 g/mol. The van der Waals surface area contributed by atoms with Crippen molar-refractivity contribution in [2.75, 3.05) is 11.4 Å². The summed E-state index contributed by atoms with van der Waals surface area (Å²) in [4.78, 5) is 34.2. The minimum Gasteiger partial charge on any atom is -0.315 e. The Morgan fingerprint density at radius 2 is 1.91 bits per heavy atom. The molecule has 35 heavy (non-hydrogen) atoms. The second kappa shape index (κ2) is 8.49. The number of aromatic nitrogens is 3. The first-order valence-electron chi connectivity index (χ1n) is 10.4. The molecule has 3 aromatic rings. The predicted octanol–water partition coefficient (Wildman–Crippen LogP) is 3.33. The van der Waals surface area contributed by atoms with Crippen molar-refractivity contribution in [3.05, 3.63) is 59.6 Å². The molecule has 2 aliphatic heterocycles. The van der Waals surface area contributed by atoms with Crippen molar-refractivity contribution in [1.82, 2.24) is 19.7 Å². The molecule has 12 heteroatoms. The fourth-order valence-electron chi connectivity index (χ4n) is 4.32. The zero-order chi connectivity index (χ0) is 24.9. The summed E-state index contributed by atoms with van der Waals surface area (Å²) in [5.41, 5.74) is 0.819. The first-order chi connectivity index (χ1) is 16.8. The normalized spacial score (nSPS) is 19.5. The SMILES string of the molecule is Cn1ncc2cncc(N3C(=O)C4SC(c5cc(F)c(F)cc5C#N)=CC4N(CCC#N)C3=O)c21. The molecule has 2 aromatic heterocycles. The smallest absolute Gasteiger partial charge is 0.315 e. The van der Waals surface area contributed by atoms with E-state index in [1.807, 2.05) is 12.1 Å². The Kier molecular flexibility index (Phi) is 5.46. The summed E-state index contributed by atoms with van der Waals surface area (Å²) in [6.07, 6.45) is 6.15. The standard InChI is InChI=1S/C23H15F2N7O2S/c1-30-20-13(10-29-30)9-28-11-18(20)32-22(33)21-17(31(23(32)34)4-2-3-26)7-19(35-21)14-6-16(25)15(24)5-12(14)8-27/h5-7,9-11,17,21H,2,4H2,1H3. The molecule has 0 radical (unpaired) electrons. The number of pyridine rings is 1. The number of amides is 3. The first kappa shape index (κ1) is 22.5. The van der Waals surface area contributed by atoms with Gasteiger partial charge >= 0.3 is 6.03 Å². The summed E-state index contributed by atoms with van der Waals surface area (Å²) in [5, 5.41) is 22.6. The number of hydrogen-bond donors (Lipinski definition) is 0. The number of anilines is 1. The van der Waals surface area contributed by atoms with Gasteiger partial charge in [-0.15, -0.1) is 11.8 Å². The topological polar surface area (TPSA) is 119 Å². The van der Waals surface area contributed by atoms with Crippen LogP contribution < -0.4 is 4.90 Å². The van der Waals surface area contributed by atoms with Crippen LogP contribution in [0.1, 0.15) is 17.5 Å². The Labute approximate surface area is 201 Å². The summed E-state index contributed by atoms with van der Waals surface area (Å²) in [6.45, 7) is 0.0439. The number of hydrogen-bond acceptors (Lipinski definition) is 7. The van der Waals surface area contributed by atoms with E-state index < -0.39 is 34.9 Å². The fraction of sp³-hybridized carbons (Fsp3) is 0.217. The molecular formula is C23H15F2N7O2S. The van der Waals surface area contributed by atoms with Crippen molar-refractivity contribution in [3.63, 3.8) is 0 Å². The predicted molar refractivity (Wildman–Crippen MR) is 123 cm³/mol. The van der Waals surface area contributed by atoms with Gasteiger partial charge in [0.1, 0.15) is 5.25 Å². The number of aryl methyl sites for hydroxylation is 1. The molecule has 9 nitrogen and oxygen atoms in total. The van der Waals surface area contributed by atoms with Crippen LogP contribution in [0.5, 0.6) is 0 Å². The van der Waals surface area contributed by atoms with E-state index in [0.29, 0.717) is 15.8 Å². The van der Waals surface area contributed by atoms with E-state index in [1.165, 1.54) is 15.8 Å². The molecule has 0 aliphatic carbocycles. The highest BCUT2D eigenvalue weighted by Gasteiger charge is 2.50. The van der Waals surface area contributed by atoms with Crippen LogP contribution in [0.15, 0.2) is 36.8 Å². The number of fused-ring (bicyclic) bond motifs is 2. The van der Waals surface area contributed by atoms with E-state index in [1.54, 1.807) is 25.5 Å². The average molecular weight is 491 g/mol. The number of urea groups is 1. The Balaban J connectivity index is 1.61. The Morgan fingerprint density at radius 1 is 1.14 bits per heavy atom. The zero-order valence-electron chi connectivity index (χ0n) is 18.1.